The topological polar surface area (TPSA) is 52.5 Å². The molecule has 1 N–H and O–H groups in total. The lowest BCUT2D eigenvalue weighted by Gasteiger charge is -2.17. The highest BCUT2D eigenvalue weighted by atomic mass is 16.5. The Kier molecular flexibility index (Phi) is 5.84. The van der Waals surface area contributed by atoms with Crippen molar-refractivity contribution in [1.82, 2.24) is 4.57 Å². The summed E-state index contributed by atoms with van der Waals surface area (Å²) in [5.74, 6) is 1.22. The molecule has 0 saturated heterocycles. The Hall–Kier alpha value is -3.99. The smallest absolute Gasteiger partial charge is 0.225 e. The van der Waals surface area contributed by atoms with Crippen molar-refractivity contribution in [3.05, 3.63) is 102 Å². The molecule has 2 heterocycles. The van der Waals surface area contributed by atoms with Crippen molar-refractivity contribution in [1.29, 1.82) is 0 Å². The Balaban J connectivity index is 1.60. The number of hydrogen-bond acceptors (Lipinski definition) is 3. The fourth-order valence-electron chi connectivity index (χ4n) is 4.68. The van der Waals surface area contributed by atoms with Crippen LogP contribution in [0.25, 0.3) is 10.9 Å². The van der Waals surface area contributed by atoms with E-state index in [9.17, 15) is 4.79 Å². The number of nitrogens with one attached hydrogen (secondary N) is 1. The van der Waals surface area contributed by atoms with Gasteiger partial charge in [0.05, 0.1) is 18.3 Å². The number of benzene rings is 3. The largest absolute Gasteiger partial charge is 0.493 e. The summed E-state index contributed by atoms with van der Waals surface area (Å²) in [6.07, 6.45) is 2.55. The summed E-state index contributed by atoms with van der Waals surface area (Å²) >= 11 is 0. The van der Waals surface area contributed by atoms with E-state index in [-0.39, 0.29) is 11.8 Å². The molecule has 0 aliphatic carbocycles. The van der Waals surface area contributed by atoms with Gasteiger partial charge >= 0.3 is 0 Å². The summed E-state index contributed by atoms with van der Waals surface area (Å²) in [7, 11) is 1.64. The van der Waals surface area contributed by atoms with E-state index in [1.807, 2.05) is 43.3 Å². The Morgan fingerprint density at radius 2 is 1.91 bits per heavy atom. The van der Waals surface area contributed by atoms with Gasteiger partial charge in [0.25, 0.3) is 0 Å². The third kappa shape index (κ3) is 4.17. The van der Waals surface area contributed by atoms with Gasteiger partial charge in [0.1, 0.15) is 6.61 Å². The molecule has 1 atom stereocenters. The molecule has 5 rings (SSSR count). The lowest BCUT2D eigenvalue weighted by Crippen LogP contribution is -2.14. The molecule has 5 heteroatoms. The SMILES string of the molecule is C=C(C)COc1ccc([C@@H]2CC(=O)Nc3cccc4c3c2cn4Cc2ccccc2)cc1OC. The van der Waals surface area contributed by atoms with Gasteiger partial charge in [-0.3, -0.25) is 4.79 Å². The number of carbonyl (C=O) groups excluding carboxylic acids is 1. The molecule has 172 valence electrons. The molecule has 4 aromatic rings. The Morgan fingerprint density at radius 1 is 1.09 bits per heavy atom. The molecule has 0 radical (unpaired) electrons. The maximum atomic E-state index is 12.9. The van der Waals surface area contributed by atoms with Gasteiger partial charge in [-0.2, -0.15) is 0 Å². The van der Waals surface area contributed by atoms with E-state index < -0.39 is 0 Å². The van der Waals surface area contributed by atoms with Crippen LogP contribution >= 0.6 is 0 Å². The number of aromatic nitrogens is 1. The van der Waals surface area contributed by atoms with Crippen LogP contribution in [0.5, 0.6) is 11.5 Å². The van der Waals surface area contributed by atoms with Crippen LogP contribution in [-0.4, -0.2) is 24.2 Å². The van der Waals surface area contributed by atoms with Crippen molar-refractivity contribution < 1.29 is 14.3 Å². The average Bonchev–Trinajstić information content (AvgIpc) is 3.13. The van der Waals surface area contributed by atoms with Gasteiger partial charge in [0.2, 0.25) is 5.91 Å². The second-order valence-corrected chi connectivity index (χ2v) is 8.86. The summed E-state index contributed by atoms with van der Waals surface area (Å²) in [6.45, 7) is 7.01. The maximum Gasteiger partial charge on any atom is 0.225 e. The zero-order valence-electron chi connectivity index (χ0n) is 19.5. The second-order valence-electron chi connectivity index (χ2n) is 8.86. The Labute approximate surface area is 199 Å². The van der Waals surface area contributed by atoms with Gasteiger partial charge in [0, 0.05) is 30.5 Å². The zero-order chi connectivity index (χ0) is 23.7. The average molecular weight is 453 g/mol. The first kappa shape index (κ1) is 21.8. The van der Waals surface area contributed by atoms with Gasteiger partial charge in [-0.25, -0.2) is 0 Å². The number of amides is 1. The van der Waals surface area contributed by atoms with E-state index in [1.165, 1.54) is 5.56 Å². The minimum Gasteiger partial charge on any atom is -0.493 e. The van der Waals surface area contributed by atoms with Crippen LogP contribution in [0.4, 0.5) is 5.69 Å². The fraction of sp³-hybridized carbons (Fsp3) is 0.207. The van der Waals surface area contributed by atoms with Crippen molar-refractivity contribution in [2.75, 3.05) is 19.0 Å². The number of rotatable bonds is 7. The molecule has 0 unspecified atom stereocenters. The quantitative estimate of drug-likeness (QED) is 0.343. The predicted octanol–water partition coefficient (Wildman–Crippen LogP) is 6.13. The highest BCUT2D eigenvalue weighted by Crippen LogP contribution is 2.42. The minimum absolute atomic E-state index is 0.00452. The molecule has 0 fully saturated rings. The molecule has 0 saturated carbocycles. The third-order valence-electron chi connectivity index (χ3n) is 6.23. The van der Waals surface area contributed by atoms with Crippen LogP contribution in [0.3, 0.4) is 0 Å². The normalized spacial score (nSPS) is 15.0. The lowest BCUT2D eigenvalue weighted by atomic mass is 9.88. The molecule has 0 spiro atoms. The number of hydrogen-bond donors (Lipinski definition) is 1. The summed E-state index contributed by atoms with van der Waals surface area (Å²) < 4.78 is 13.8. The van der Waals surface area contributed by atoms with Crippen LogP contribution in [-0.2, 0) is 11.3 Å². The Bertz CT molecular complexity index is 1370. The molecule has 1 aromatic heterocycles. The van der Waals surface area contributed by atoms with Crippen LogP contribution in [0.15, 0.2) is 85.1 Å². The van der Waals surface area contributed by atoms with E-state index in [0.717, 1.165) is 39.8 Å². The van der Waals surface area contributed by atoms with Gasteiger partial charge in [-0.05, 0) is 53.5 Å². The van der Waals surface area contributed by atoms with Gasteiger partial charge < -0.3 is 19.4 Å². The summed E-state index contributed by atoms with van der Waals surface area (Å²) in [5, 5.41) is 4.21. The number of anilines is 1. The van der Waals surface area contributed by atoms with Crippen molar-refractivity contribution in [2.24, 2.45) is 0 Å². The number of nitrogens with zero attached hydrogens (tertiary/aromatic N) is 1. The first-order chi connectivity index (χ1) is 16.5. The second kappa shape index (κ2) is 9.10. The monoisotopic (exact) mass is 452 g/mol. The van der Waals surface area contributed by atoms with E-state index in [1.54, 1.807) is 7.11 Å². The first-order valence-corrected chi connectivity index (χ1v) is 11.4. The molecule has 34 heavy (non-hydrogen) atoms. The molecule has 1 aliphatic heterocycles. The van der Waals surface area contributed by atoms with Gasteiger partial charge in [-0.1, -0.05) is 49.0 Å². The van der Waals surface area contributed by atoms with Crippen LogP contribution < -0.4 is 14.8 Å². The molecule has 1 aliphatic rings. The summed E-state index contributed by atoms with van der Waals surface area (Å²) in [5.41, 5.74) is 6.29. The predicted molar refractivity (Wildman–Crippen MR) is 136 cm³/mol. The molecular weight excluding hydrogens is 424 g/mol. The molecule has 3 aromatic carbocycles. The molecule has 0 bridgehead atoms. The Morgan fingerprint density at radius 3 is 2.68 bits per heavy atom. The van der Waals surface area contributed by atoms with Crippen molar-refractivity contribution in [2.45, 2.75) is 25.8 Å². The fourth-order valence-corrected chi connectivity index (χ4v) is 4.68. The van der Waals surface area contributed by atoms with Crippen molar-refractivity contribution in [3.63, 3.8) is 0 Å². The lowest BCUT2D eigenvalue weighted by molar-refractivity contribution is -0.116. The molecule has 5 nitrogen and oxygen atoms in total. The highest BCUT2D eigenvalue weighted by molar-refractivity contribution is 6.06. The van der Waals surface area contributed by atoms with Gasteiger partial charge in [-0.15, -0.1) is 0 Å². The van der Waals surface area contributed by atoms with Crippen LogP contribution in [0.2, 0.25) is 0 Å². The van der Waals surface area contributed by atoms with E-state index in [2.05, 4.69) is 53.0 Å². The minimum atomic E-state index is -0.104. The summed E-state index contributed by atoms with van der Waals surface area (Å²) in [6, 6.07) is 22.5. The number of methoxy groups -OCH3 is 1. The van der Waals surface area contributed by atoms with Crippen LogP contribution in [0.1, 0.15) is 36.0 Å². The molecule has 1 amide bonds. The first-order valence-electron chi connectivity index (χ1n) is 11.4. The van der Waals surface area contributed by atoms with E-state index in [4.69, 9.17) is 9.47 Å². The molecular formula is C29H28N2O3. The third-order valence-corrected chi connectivity index (χ3v) is 6.23. The van der Waals surface area contributed by atoms with Gasteiger partial charge in [0.15, 0.2) is 11.5 Å². The zero-order valence-corrected chi connectivity index (χ0v) is 19.5. The van der Waals surface area contributed by atoms with E-state index in [0.29, 0.717) is 24.5 Å². The number of carbonyl (C=O) groups is 1. The maximum absolute atomic E-state index is 12.9. The standard InChI is InChI=1S/C29H28N2O3/c1-19(2)18-34-26-13-12-21(14-27(26)33-3)22-15-28(32)30-24-10-7-11-25-29(24)23(22)17-31(25)16-20-8-5-4-6-9-20/h4-14,17,22H,1,15-16,18H2,2-3H3,(H,30,32)/t22-/m0/s1. The van der Waals surface area contributed by atoms with E-state index >= 15 is 0 Å². The van der Waals surface area contributed by atoms with Crippen molar-refractivity contribution >= 4 is 22.5 Å². The van der Waals surface area contributed by atoms with Crippen LogP contribution in [0, 0.1) is 0 Å². The number of ether oxygens (including phenoxy) is 2. The highest BCUT2D eigenvalue weighted by Gasteiger charge is 2.28. The van der Waals surface area contributed by atoms with Crippen molar-refractivity contribution in [3.8, 4) is 11.5 Å². The summed E-state index contributed by atoms with van der Waals surface area (Å²) in [4.78, 5) is 12.9.